The molecule has 0 bridgehead atoms. The molecule has 1 aromatic carbocycles. The fraction of sp³-hybridized carbons (Fsp3) is 0.500. The smallest absolute Gasteiger partial charge is 0.242 e. The largest absolute Gasteiger partial charge is 0.315 e. The van der Waals surface area contributed by atoms with Crippen molar-refractivity contribution >= 4 is 33.2 Å². The molecule has 2 N–H and O–H groups in total. The average Bonchev–Trinajstić information content (AvgIpc) is 2.60. The van der Waals surface area contributed by atoms with Gasteiger partial charge in [0.15, 0.2) is 0 Å². The van der Waals surface area contributed by atoms with E-state index in [1.807, 2.05) is 0 Å². The quantitative estimate of drug-likeness (QED) is 0.898. The Morgan fingerprint density at radius 2 is 2.05 bits per heavy atom. The average molecular weight is 323 g/mol. The third-order valence-electron chi connectivity index (χ3n) is 3.05. The van der Waals surface area contributed by atoms with Gasteiger partial charge in [0.05, 0.1) is 5.02 Å². The lowest BCUT2D eigenvalue weighted by Gasteiger charge is -2.17. The van der Waals surface area contributed by atoms with Gasteiger partial charge in [-0.1, -0.05) is 29.6 Å². The van der Waals surface area contributed by atoms with E-state index in [4.69, 9.17) is 23.2 Å². The molecule has 7 heteroatoms. The van der Waals surface area contributed by atoms with E-state index >= 15 is 0 Å². The van der Waals surface area contributed by atoms with Crippen molar-refractivity contribution in [3.63, 3.8) is 0 Å². The minimum atomic E-state index is -3.64. The molecule has 4 nitrogen and oxygen atoms in total. The molecule has 19 heavy (non-hydrogen) atoms. The van der Waals surface area contributed by atoms with Crippen LogP contribution in [0.3, 0.4) is 0 Å². The molecule has 1 aromatic rings. The van der Waals surface area contributed by atoms with Gasteiger partial charge in [-0.3, -0.25) is 0 Å². The first-order valence-electron chi connectivity index (χ1n) is 6.17. The molecule has 1 heterocycles. The van der Waals surface area contributed by atoms with Gasteiger partial charge in [-0.25, -0.2) is 13.1 Å². The standard InChI is InChI=1S/C12H16Cl2N2O2S/c13-9-4-5-11(14)12(7-9)19(17,18)16-10-3-1-2-6-15-8-10/h4-5,7,10,15-16H,1-3,6,8H2. The van der Waals surface area contributed by atoms with Crippen molar-refractivity contribution in [2.45, 2.75) is 30.2 Å². The van der Waals surface area contributed by atoms with Crippen LogP contribution >= 0.6 is 23.2 Å². The summed E-state index contributed by atoms with van der Waals surface area (Å²) in [5.74, 6) is 0. The van der Waals surface area contributed by atoms with Gasteiger partial charge in [0.2, 0.25) is 10.0 Å². The van der Waals surface area contributed by atoms with Gasteiger partial charge < -0.3 is 5.32 Å². The molecule has 106 valence electrons. The molecule has 0 aromatic heterocycles. The summed E-state index contributed by atoms with van der Waals surface area (Å²) in [5, 5.41) is 3.74. The molecule has 1 saturated heterocycles. The van der Waals surface area contributed by atoms with E-state index in [2.05, 4.69) is 10.0 Å². The van der Waals surface area contributed by atoms with Gasteiger partial charge in [0, 0.05) is 17.6 Å². The molecule has 0 saturated carbocycles. The first-order valence-corrected chi connectivity index (χ1v) is 8.41. The summed E-state index contributed by atoms with van der Waals surface area (Å²) in [6, 6.07) is 4.32. The molecular weight excluding hydrogens is 307 g/mol. The fourth-order valence-corrected chi connectivity index (χ4v) is 4.12. The van der Waals surface area contributed by atoms with Crippen LogP contribution in [-0.2, 0) is 10.0 Å². The zero-order chi connectivity index (χ0) is 13.9. The van der Waals surface area contributed by atoms with Crippen LogP contribution in [0.2, 0.25) is 10.0 Å². The molecule has 1 atom stereocenters. The second kappa shape index (κ2) is 6.41. The summed E-state index contributed by atoms with van der Waals surface area (Å²) in [4.78, 5) is 0.0333. The summed E-state index contributed by atoms with van der Waals surface area (Å²) < 4.78 is 27.3. The first-order chi connectivity index (χ1) is 8.99. The molecule has 0 spiro atoms. The Hall–Kier alpha value is -0.330. The molecule has 0 aliphatic carbocycles. The van der Waals surface area contributed by atoms with Crippen molar-refractivity contribution in [2.75, 3.05) is 13.1 Å². The third kappa shape index (κ3) is 4.07. The Balaban J connectivity index is 2.19. The molecule has 0 radical (unpaired) electrons. The zero-order valence-corrected chi connectivity index (χ0v) is 12.7. The number of benzene rings is 1. The van der Waals surface area contributed by atoms with Crippen LogP contribution in [-0.4, -0.2) is 27.5 Å². The number of nitrogens with one attached hydrogen (secondary N) is 2. The van der Waals surface area contributed by atoms with Crippen molar-refractivity contribution in [3.05, 3.63) is 28.2 Å². The predicted octanol–water partition coefficient (Wildman–Crippen LogP) is 2.41. The topological polar surface area (TPSA) is 58.2 Å². The molecule has 0 amide bonds. The van der Waals surface area contributed by atoms with E-state index in [1.165, 1.54) is 12.1 Å². The van der Waals surface area contributed by atoms with Gasteiger partial charge in [-0.2, -0.15) is 0 Å². The Labute approximate surface area is 123 Å². The minimum absolute atomic E-state index is 0.0333. The second-order valence-corrected chi connectivity index (χ2v) is 7.12. The molecular formula is C12H16Cl2N2O2S. The maximum Gasteiger partial charge on any atom is 0.242 e. The maximum absolute atomic E-state index is 12.3. The molecule has 1 aliphatic heterocycles. The summed E-state index contributed by atoms with van der Waals surface area (Å²) in [7, 11) is -3.64. The third-order valence-corrected chi connectivity index (χ3v) is 5.29. The van der Waals surface area contributed by atoms with Gasteiger partial charge in [0.25, 0.3) is 0 Å². The summed E-state index contributed by atoms with van der Waals surface area (Å²) in [6.07, 6.45) is 2.89. The highest BCUT2D eigenvalue weighted by atomic mass is 35.5. The first kappa shape index (κ1) is 15.1. The summed E-state index contributed by atoms with van der Waals surface area (Å²) >= 11 is 11.8. The summed E-state index contributed by atoms with van der Waals surface area (Å²) in [6.45, 7) is 1.56. The zero-order valence-electron chi connectivity index (χ0n) is 10.3. The van der Waals surface area contributed by atoms with E-state index in [0.717, 1.165) is 25.8 Å². The number of rotatable bonds is 3. The van der Waals surface area contributed by atoms with Gasteiger partial charge >= 0.3 is 0 Å². The van der Waals surface area contributed by atoms with Crippen LogP contribution in [0.4, 0.5) is 0 Å². The lowest BCUT2D eigenvalue weighted by Crippen LogP contribution is -2.40. The Morgan fingerprint density at radius 1 is 1.26 bits per heavy atom. The van der Waals surface area contributed by atoms with E-state index in [0.29, 0.717) is 11.6 Å². The van der Waals surface area contributed by atoms with Crippen LogP contribution in [0.15, 0.2) is 23.1 Å². The van der Waals surface area contributed by atoms with E-state index < -0.39 is 10.0 Å². The van der Waals surface area contributed by atoms with Crippen LogP contribution < -0.4 is 10.0 Å². The fourth-order valence-electron chi connectivity index (χ4n) is 2.09. The number of hydrogen-bond donors (Lipinski definition) is 2. The number of sulfonamides is 1. The lowest BCUT2D eigenvalue weighted by atomic mass is 10.2. The van der Waals surface area contributed by atoms with Crippen molar-refractivity contribution in [3.8, 4) is 0 Å². The summed E-state index contributed by atoms with van der Waals surface area (Å²) in [5.41, 5.74) is 0. The minimum Gasteiger partial charge on any atom is -0.315 e. The van der Waals surface area contributed by atoms with Crippen LogP contribution in [0, 0.1) is 0 Å². The van der Waals surface area contributed by atoms with Crippen LogP contribution in [0.5, 0.6) is 0 Å². The maximum atomic E-state index is 12.3. The number of hydrogen-bond acceptors (Lipinski definition) is 3. The second-order valence-electron chi connectivity index (χ2n) is 4.59. The number of halogens is 2. The highest BCUT2D eigenvalue weighted by molar-refractivity contribution is 7.89. The lowest BCUT2D eigenvalue weighted by molar-refractivity contribution is 0.521. The van der Waals surface area contributed by atoms with E-state index in [1.54, 1.807) is 6.07 Å². The van der Waals surface area contributed by atoms with Gasteiger partial charge in [-0.05, 0) is 37.6 Å². The van der Waals surface area contributed by atoms with E-state index in [-0.39, 0.29) is 16.0 Å². The molecule has 1 aliphatic rings. The predicted molar refractivity (Wildman–Crippen MR) is 77.3 cm³/mol. The van der Waals surface area contributed by atoms with Crippen molar-refractivity contribution in [1.29, 1.82) is 0 Å². The normalized spacial score (nSPS) is 21.1. The monoisotopic (exact) mass is 322 g/mol. The highest BCUT2D eigenvalue weighted by Gasteiger charge is 2.23. The van der Waals surface area contributed by atoms with Crippen molar-refractivity contribution in [1.82, 2.24) is 10.0 Å². The van der Waals surface area contributed by atoms with Crippen LogP contribution in [0.1, 0.15) is 19.3 Å². The highest BCUT2D eigenvalue weighted by Crippen LogP contribution is 2.25. The Morgan fingerprint density at radius 3 is 2.84 bits per heavy atom. The molecule has 2 rings (SSSR count). The van der Waals surface area contributed by atoms with Crippen molar-refractivity contribution in [2.24, 2.45) is 0 Å². The van der Waals surface area contributed by atoms with E-state index in [9.17, 15) is 8.42 Å². The molecule has 1 unspecified atom stereocenters. The SMILES string of the molecule is O=S(=O)(NC1CCCCNC1)c1cc(Cl)ccc1Cl. The Kier molecular flexibility index (Phi) is 5.09. The Bertz CT molecular complexity index is 541. The van der Waals surface area contributed by atoms with Gasteiger partial charge in [-0.15, -0.1) is 0 Å². The van der Waals surface area contributed by atoms with Crippen LogP contribution in [0.25, 0.3) is 0 Å². The van der Waals surface area contributed by atoms with Gasteiger partial charge in [0.1, 0.15) is 4.90 Å². The van der Waals surface area contributed by atoms with Crippen molar-refractivity contribution < 1.29 is 8.42 Å². The molecule has 1 fully saturated rings.